The van der Waals surface area contributed by atoms with Crippen molar-refractivity contribution in [2.24, 2.45) is 11.3 Å². The van der Waals surface area contributed by atoms with E-state index < -0.39 is 0 Å². The van der Waals surface area contributed by atoms with E-state index in [1.54, 1.807) is 0 Å². The summed E-state index contributed by atoms with van der Waals surface area (Å²) in [5.41, 5.74) is 0.704. The van der Waals surface area contributed by atoms with Crippen LogP contribution in [0.4, 0.5) is 0 Å². The van der Waals surface area contributed by atoms with Crippen molar-refractivity contribution >= 4 is 0 Å². The summed E-state index contributed by atoms with van der Waals surface area (Å²) in [6.07, 6.45) is 5.82. The standard InChI is InChI=1S/C11H22N2/c1-12-8-10-4-7-13(2)9-11(10)5-3-6-11/h10,12H,3-9H2,1-2H3. The van der Waals surface area contributed by atoms with Crippen LogP contribution in [0.3, 0.4) is 0 Å². The second kappa shape index (κ2) is 3.58. The second-order valence-electron chi connectivity index (χ2n) is 5.00. The molecule has 1 unspecified atom stereocenters. The molecular formula is C11H22N2. The molecule has 1 saturated carbocycles. The van der Waals surface area contributed by atoms with Crippen LogP contribution in [-0.4, -0.2) is 38.6 Å². The molecule has 13 heavy (non-hydrogen) atoms. The summed E-state index contributed by atoms with van der Waals surface area (Å²) in [6, 6.07) is 0. The van der Waals surface area contributed by atoms with Gasteiger partial charge in [0.2, 0.25) is 0 Å². The Morgan fingerprint density at radius 2 is 2.23 bits per heavy atom. The lowest BCUT2D eigenvalue weighted by Gasteiger charge is -2.53. The monoisotopic (exact) mass is 182 g/mol. The van der Waals surface area contributed by atoms with Crippen LogP contribution in [-0.2, 0) is 0 Å². The average Bonchev–Trinajstić information content (AvgIpc) is 2.06. The van der Waals surface area contributed by atoms with E-state index in [1.807, 2.05) is 0 Å². The van der Waals surface area contributed by atoms with Crippen LogP contribution in [0.1, 0.15) is 25.7 Å². The van der Waals surface area contributed by atoms with Gasteiger partial charge >= 0.3 is 0 Å². The first-order valence-corrected chi connectivity index (χ1v) is 5.60. The first-order valence-electron chi connectivity index (χ1n) is 5.60. The minimum atomic E-state index is 0.704. The highest BCUT2D eigenvalue weighted by Crippen LogP contribution is 2.50. The highest BCUT2D eigenvalue weighted by molar-refractivity contribution is 4.98. The Labute approximate surface area is 81.7 Å². The number of hydrogen-bond donors (Lipinski definition) is 1. The molecule has 2 heteroatoms. The quantitative estimate of drug-likeness (QED) is 0.693. The fourth-order valence-electron chi connectivity index (χ4n) is 3.19. The molecule has 2 aliphatic rings. The Morgan fingerprint density at radius 3 is 2.77 bits per heavy atom. The van der Waals surface area contributed by atoms with Crippen molar-refractivity contribution in [3.63, 3.8) is 0 Å². The summed E-state index contributed by atoms with van der Waals surface area (Å²) < 4.78 is 0. The third-order valence-electron chi connectivity index (χ3n) is 4.11. The number of likely N-dealkylation sites (tertiary alicyclic amines) is 1. The SMILES string of the molecule is CNCC1CCN(C)CC12CCC2. The van der Waals surface area contributed by atoms with Crippen molar-refractivity contribution in [3.05, 3.63) is 0 Å². The minimum Gasteiger partial charge on any atom is -0.319 e. The van der Waals surface area contributed by atoms with Crippen LogP contribution in [0.2, 0.25) is 0 Å². The summed E-state index contributed by atoms with van der Waals surface area (Å²) in [4.78, 5) is 2.52. The minimum absolute atomic E-state index is 0.704. The second-order valence-corrected chi connectivity index (χ2v) is 5.00. The van der Waals surface area contributed by atoms with Crippen molar-refractivity contribution in [2.75, 3.05) is 33.7 Å². The molecule has 0 bridgehead atoms. The van der Waals surface area contributed by atoms with Crippen molar-refractivity contribution < 1.29 is 0 Å². The van der Waals surface area contributed by atoms with Gasteiger partial charge in [-0.25, -0.2) is 0 Å². The van der Waals surface area contributed by atoms with E-state index in [0.29, 0.717) is 5.41 Å². The van der Waals surface area contributed by atoms with Gasteiger partial charge in [0.15, 0.2) is 0 Å². The Morgan fingerprint density at radius 1 is 1.46 bits per heavy atom. The van der Waals surface area contributed by atoms with Crippen molar-refractivity contribution in [2.45, 2.75) is 25.7 Å². The van der Waals surface area contributed by atoms with Crippen LogP contribution in [0, 0.1) is 11.3 Å². The number of rotatable bonds is 2. The van der Waals surface area contributed by atoms with E-state index in [0.717, 1.165) is 5.92 Å². The molecule has 76 valence electrons. The molecule has 0 radical (unpaired) electrons. The number of nitrogens with zero attached hydrogens (tertiary/aromatic N) is 1. The zero-order valence-electron chi connectivity index (χ0n) is 8.97. The zero-order valence-corrected chi connectivity index (χ0v) is 8.97. The van der Waals surface area contributed by atoms with Crippen LogP contribution < -0.4 is 5.32 Å². The lowest BCUT2D eigenvalue weighted by Crippen LogP contribution is -2.53. The Balaban J connectivity index is 2.00. The maximum Gasteiger partial charge on any atom is 0.00381 e. The molecule has 1 heterocycles. The van der Waals surface area contributed by atoms with Gasteiger partial charge in [0.25, 0.3) is 0 Å². The summed E-state index contributed by atoms with van der Waals surface area (Å²) >= 11 is 0. The van der Waals surface area contributed by atoms with Crippen molar-refractivity contribution in [1.29, 1.82) is 0 Å². The molecule has 1 aliphatic heterocycles. The zero-order chi connectivity index (χ0) is 9.31. The van der Waals surface area contributed by atoms with Gasteiger partial charge in [0, 0.05) is 6.54 Å². The Bertz CT molecular complexity index is 175. The van der Waals surface area contributed by atoms with Gasteiger partial charge in [0.1, 0.15) is 0 Å². The first-order chi connectivity index (χ1) is 6.27. The van der Waals surface area contributed by atoms with E-state index in [1.165, 1.54) is 45.3 Å². The van der Waals surface area contributed by atoms with Gasteiger partial charge in [-0.1, -0.05) is 6.42 Å². The highest BCUT2D eigenvalue weighted by Gasteiger charge is 2.46. The fourth-order valence-corrected chi connectivity index (χ4v) is 3.19. The van der Waals surface area contributed by atoms with E-state index in [-0.39, 0.29) is 0 Å². The molecule has 1 atom stereocenters. The van der Waals surface area contributed by atoms with E-state index in [2.05, 4.69) is 24.3 Å². The molecule has 1 N–H and O–H groups in total. The molecule has 1 saturated heterocycles. The molecule has 0 amide bonds. The van der Waals surface area contributed by atoms with Crippen molar-refractivity contribution in [1.82, 2.24) is 10.2 Å². The number of piperidine rings is 1. The van der Waals surface area contributed by atoms with Crippen LogP contribution >= 0.6 is 0 Å². The van der Waals surface area contributed by atoms with E-state index >= 15 is 0 Å². The summed E-state index contributed by atoms with van der Waals surface area (Å²) in [6.45, 7) is 3.88. The Kier molecular flexibility index (Phi) is 2.61. The average molecular weight is 182 g/mol. The lowest BCUT2D eigenvalue weighted by atomic mass is 9.58. The van der Waals surface area contributed by atoms with Gasteiger partial charge < -0.3 is 10.2 Å². The number of nitrogens with one attached hydrogen (secondary N) is 1. The smallest absolute Gasteiger partial charge is 0.00381 e. The molecule has 2 nitrogen and oxygen atoms in total. The van der Waals surface area contributed by atoms with Gasteiger partial charge in [-0.05, 0) is 57.8 Å². The molecular weight excluding hydrogens is 160 g/mol. The normalized spacial score (nSPS) is 33.2. The van der Waals surface area contributed by atoms with E-state index in [4.69, 9.17) is 0 Å². The van der Waals surface area contributed by atoms with Gasteiger partial charge in [-0.2, -0.15) is 0 Å². The predicted molar refractivity (Wildman–Crippen MR) is 55.8 cm³/mol. The molecule has 1 aliphatic carbocycles. The first kappa shape index (κ1) is 9.47. The lowest BCUT2D eigenvalue weighted by molar-refractivity contribution is -0.0256. The number of hydrogen-bond acceptors (Lipinski definition) is 2. The molecule has 0 aromatic rings. The van der Waals surface area contributed by atoms with Gasteiger partial charge in [0.05, 0.1) is 0 Å². The third kappa shape index (κ3) is 1.62. The van der Waals surface area contributed by atoms with Crippen LogP contribution in [0.5, 0.6) is 0 Å². The molecule has 0 aromatic carbocycles. The third-order valence-corrected chi connectivity index (χ3v) is 4.11. The topological polar surface area (TPSA) is 15.3 Å². The summed E-state index contributed by atoms with van der Waals surface area (Å²) in [5, 5.41) is 3.36. The Hall–Kier alpha value is -0.0800. The molecule has 0 aromatic heterocycles. The summed E-state index contributed by atoms with van der Waals surface area (Å²) in [5.74, 6) is 0.947. The summed E-state index contributed by atoms with van der Waals surface area (Å²) in [7, 11) is 4.36. The highest BCUT2D eigenvalue weighted by atomic mass is 15.1. The maximum absolute atomic E-state index is 3.36. The predicted octanol–water partition coefficient (Wildman–Crippen LogP) is 1.33. The molecule has 2 fully saturated rings. The van der Waals surface area contributed by atoms with Crippen LogP contribution in [0.25, 0.3) is 0 Å². The maximum atomic E-state index is 3.36. The molecule has 2 rings (SSSR count). The van der Waals surface area contributed by atoms with Crippen LogP contribution in [0.15, 0.2) is 0 Å². The van der Waals surface area contributed by atoms with Gasteiger partial charge in [-0.15, -0.1) is 0 Å². The van der Waals surface area contributed by atoms with Crippen molar-refractivity contribution in [3.8, 4) is 0 Å². The van der Waals surface area contributed by atoms with Gasteiger partial charge in [-0.3, -0.25) is 0 Å². The fraction of sp³-hybridized carbons (Fsp3) is 1.00. The largest absolute Gasteiger partial charge is 0.319 e. The molecule has 1 spiro atoms. The van der Waals surface area contributed by atoms with E-state index in [9.17, 15) is 0 Å².